The van der Waals surface area contributed by atoms with Crippen LogP contribution in [-0.2, 0) is 10.0 Å². The second kappa shape index (κ2) is 8.64. The first-order valence-corrected chi connectivity index (χ1v) is 12.4. The van der Waals surface area contributed by atoms with Crippen molar-refractivity contribution in [2.75, 3.05) is 13.7 Å². The molecule has 7 heteroatoms. The summed E-state index contributed by atoms with van der Waals surface area (Å²) < 4.78 is 33.8. The molecule has 4 rings (SSSR count). The van der Waals surface area contributed by atoms with Crippen LogP contribution in [0.5, 0.6) is 5.75 Å². The van der Waals surface area contributed by atoms with Crippen molar-refractivity contribution in [3.8, 4) is 5.75 Å². The molecule has 3 aliphatic carbocycles. The van der Waals surface area contributed by atoms with Gasteiger partial charge in [-0.3, -0.25) is 4.79 Å². The molecule has 3 fully saturated rings. The molecular weight excluding hydrogens is 388 g/mol. The van der Waals surface area contributed by atoms with Gasteiger partial charge in [-0.05, 0) is 74.5 Å². The minimum atomic E-state index is -3.74. The highest BCUT2D eigenvalue weighted by molar-refractivity contribution is 7.89. The molecule has 0 saturated heterocycles. The second-order valence-electron chi connectivity index (χ2n) is 8.95. The van der Waals surface area contributed by atoms with Gasteiger partial charge < -0.3 is 10.1 Å². The van der Waals surface area contributed by atoms with E-state index in [4.69, 9.17) is 4.74 Å². The molecule has 3 atom stereocenters. The van der Waals surface area contributed by atoms with E-state index < -0.39 is 10.0 Å². The first-order chi connectivity index (χ1) is 14.0. The van der Waals surface area contributed by atoms with Crippen molar-refractivity contribution in [2.45, 2.75) is 68.7 Å². The maximum Gasteiger partial charge on any atom is 0.251 e. The molecule has 1 amide bonds. The fraction of sp³-hybridized carbons (Fsp3) is 0.682. The van der Waals surface area contributed by atoms with Crippen molar-refractivity contribution in [1.29, 1.82) is 0 Å². The van der Waals surface area contributed by atoms with Crippen molar-refractivity contribution < 1.29 is 17.9 Å². The number of rotatable bonds is 8. The van der Waals surface area contributed by atoms with Gasteiger partial charge >= 0.3 is 0 Å². The summed E-state index contributed by atoms with van der Waals surface area (Å²) in [5.41, 5.74) is 0.352. The molecule has 3 saturated carbocycles. The van der Waals surface area contributed by atoms with Gasteiger partial charge in [0.2, 0.25) is 10.0 Å². The minimum Gasteiger partial charge on any atom is -0.495 e. The number of nitrogens with one attached hydrogen (secondary N) is 2. The summed E-state index contributed by atoms with van der Waals surface area (Å²) in [6.45, 7) is 0.640. The highest BCUT2D eigenvalue weighted by Crippen LogP contribution is 2.49. The lowest BCUT2D eigenvalue weighted by molar-refractivity contribution is 0.0949. The molecule has 0 aromatic heterocycles. The zero-order valence-corrected chi connectivity index (χ0v) is 18.0. The number of hydrogen-bond acceptors (Lipinski definition) is 4. The Kier molecular flexibility index (Phi) is 6.16. The summed E-state index contributed by atoms with van der Waals surface area (Å²) in [5, 5.41) is 2.98. The van der Waals surface area contributed by atoms with Crippen molar-refractivity contribution in [3.63, 3.8) is 0 Å². The smallest absolute Gasteiger partial charge is 0.251 e. The normalized spacial score (nSPS) is 26.7. The predicted octanol–water partition coefficient (Wildman–Crippen LogP) is 3.47. The van der Waals surface area contributed by atoms with E-state index in [9.17, 15) is 13.2 Å². The van der Waals surface area contributed by atoms with Crippen LogP contribution in [0, 0.1) is 17.8 Å². The topological polar surface area (TPSA) is 84.5 Å². The van der Waals surface area contributed by atoms with Gasteiger partial charge in [-0.25, -0.2) is 13.1 Å². The third-order valence-corrected chi connectivity index (χ3v) is 8.62. The van der Waals surface area contributed by atoms with Crippen LogP contribution in [0.1, 0.15) is 68.1 Å². The van der Waals surface area contributed by atoms with Gasteiger partial charge in [0.05, 0.1) is 7.11 Å². The molecule has 2 bridgehead atoms. The first-order valence-electron chi connectivity index (χ1n) is 10.9. The Morgan fingerprint density at radius 3 is 2.59 bits per heavy atom. The molecule has 3 unspecified atom stereocenters. The van der Waals surface area contributed by atoms with Crippen LogP contribution in [0.2, 0.25) is 0 Å². The van der Waals surface area contributed by atoms with Gasteiger partial charge in [-0.2, -0.15) is 0 Å². The highest BCUT2D eigenvalue weighted by Gasteiger charge is 2.38. The van der Waals surface area contributed by atoms with E-state index >= 15 is 0 Å². The van der Waals surface area contributed by atoms with E-state index in [0.717, 1.165) is 49.9 Å². The molecule has 0 spiro atoms. The molecule has 1 aromatic rings. The Labute approximate surface area is 173 Å². The Morgan fingerprint density at radius 1 is 1.14 bits per heavy atom. The number of carbonyl (C=O) groups excluding carboxylic acids is 1. The van der Waals surface area contributed by atoms with Crippen LogP contribution in [-0.4, -0.2) is 34.0 Å². The van der Waals surface area contributed by atoms with Crippen LogP contribution >= 0.6 is 0 Å². The molecule has 6 nitrogen and oxygen atoms in total. The van der Waals surface area contributed by atoms with Gasteiger partial charge in [0.25, 0.3) is 5.91 Å². The first kappa shape index (κ1) is 20.7. The third-order valence-electron chi connectivity index (χ3n) is 7.08. The van der Waals surface area contributed by atoms with E-state index in [-0.39, 0.29) is 22.6 Å². The average Bonchev–Trinajstić information content (AvgIpc) is 3.46. The predicted molar refractivity (Wildman–Crippen MR) is 111 cm³/mol. The van der Waals surface area contributed by atoms with Crippen molar-refractivity contribution in [1.82, 2.24) is 10.0 Å². The van der Waals surface area contributed by atoms with E-state index in [2.05, 4.69) is 10.0 Å². The molecule has 0 heterocycles. The molecule has 1 aromatic carbocycles. The van der Waals surface area contributed by atoms with E-state index in [1.807, 2.05) is 0 Å². The highest BCUT2D eigenvalue weighted by atomic mass is 32.2. The second-order valence-corrected chi connectivity index (χ2v) is 10.6. The van der Waals surface area contributed by atoms with Gasteiger partial charge in [0, 0.05) is 18.2 Å². The largest absolute Gasteiger partial charge is 0.495 e. The van der Waals surface area contributed by atoms with Gasteiger partial charge in [-0.1, -0.05) is 19.3 Å². The van der Waals surface area contributed by atoms with Crippen LogP contribution in [0.25, 0.3) is 0 Å². The summed E-state index contributed by atoms with van der Waals surface area (Å²) in [4.78, 5) is 12.7. The van der Waals surface area contributed by atoms with E-state index in [0.29, 0.717) is 12.1 Å². The Morgan fingerprint density at radius 2 is 1.93 bits per heavy atom. The number of amides is 1. The van der Waals surface area contributed by atoms with Crippen LogP contribution in [0.3, 0.4) is 0 Å². The molecule has 2 N–H and O–H groups in total. The standard InChI is InChI=1S/C22H32N2O4S/c1-28-20-9-8-18(14-21(20)29(26,27)24-19-4-2-3-5-19)22(25)23-11-10-17-13-15-6-7-16(17)12-15/h8-9,14-17,19,24H,2-7,10-13H2,1H3,(H,23,25). The number of sulfonamides is 1. The average molecular weight is 421 g/mol. The van der Waals surface area contributed by atoms with Crippen molar-refractivity contribution in [2.24, 2.45) is 17.8 Å². The number of benzene rings is 1. The molecule has 0 aliphatic heterocycles. The molecule has 3 aliphatic rings. The lowest BCUT2D eigenvalue weighted by atomic mass is 9.86. The Bertz CT molecular complexity index is 848. The van der Waals surface area contributed by atoms with Gasteiger partial charge in [0.15, 0.2) is 0 Å². The number of fused-ring (bicyclic) bond motifs is 2. The molecule has 29 heavy (non-hydrogen) atoms. The summed E-state index contributed by atoms with van der Waals surface area (Å²) in [6.07, 6.45) is 10.2. The van der Waals surface area contributed by atoms with E-state index in [1.165, 1.54) is 38.9 Å². The Hall–Kier alpha value is -1.60. The van der Waals surface area contributed by atoms with Gasteiger partial charge in [-0.15, -0.1) is 0 Å². The fourth-order valence-electron chi connectivity index (χ4n) is 5.56. The quantitative estimate of drug-likeness (QED) is 0.674. The minimum absolute atomic E-state index is 0.0349. The lowest BCUT2D eigenvalue weighted by Crippen LogP contribution is -2.33. The van der Waals surface area contributed by atoms with Crippen molar-refractivity contribution in [3.05, 3.63) is 23.8 Å². The lowest BCUT2D eigenvalue weighted by Gasteiger charge is -2.21. The van der Waals surface area contributed by atoms with Crippen LogP contribution in [0.4, 0.5) is 0 Å². The summed E-state index contributed by atoms with van der Waals surface area (Å²) in [7, 11) is -2.29. The van der Waals surface area contributed by atoms with Gasteiger partial charge in [0.1, 0.15) is 10.6 Å². The molecular formula is C22H32N2O4S. The maximum atomic E-state index is 12.9. The number of methoxy groups -OCH3 is 1. The van der Waals surface area contributed by atoms with Crippen LogP contribution < -0.4 is 14.8 Å². The maximum absolute atomic E-state index is 12.9. The molecule has 160 valence electrons. The number of carbonyl (C=O) groups is 1. The number of hydrogen-bond donors (Lipinski definition) is 2. The third kappa shape index (κ3) is 4.61. The molecule has 0 radical (unpaired) electrons. The zero-order valence-electron chi connectivity index (χ0n) is 17.2. The SMILES string of the molecule is COc1ccc(C(=O)NCCC2CC3CCC2C3)cc1S(=O)(=O)NC1CCCC1. The van der Waals surface area contributed by atoms with Crippen molar-refractivity contribution >= 4 is 15.9 Å². The zero-order chi connectivity index (χ0) is 20.4. The monoisotopic (exact) mass is 420 g/mol. The summed E-state index contributed by atoms with van der Waals surface area (Å²) in [6, 6.07) is 4.58. The summed E-state index contributed by atoms with van der Waals surface area (Å²) in [5.74, 6) is 2.51. The number of ether oxygens (including phenoxy) is 1. The summed E-state index contributed by atoms with van der Waals surface area (Å²) >= 11 is 0. The van der Waals surface area contributed by atoms with Crippen LogP contribution in [0.15, 0.2) is 23.1 Å². The fourth-order valence-corrected chi connectivity index (χ4v) is 7.06. The van der Waals surface area contributed by atoms with E-state index in [1.54, 1.807) is 12.1 Å². The Balaban J connectivity index is 1.40.